The summed E-state index contributed by atoms with van der Waals surface area (Å²) in [5, 5.41) is 9.68. The Morgan fingerprint density at radius 1 is 1.62 bits per heavy atom. The van der Waals surface area contributed by atoms with Crippen molar-refractivity contribution in [1.82, 2.24) is 9.55 Å². The Bertz CT molecular complexity index is 282. The quantitative estimate of drug-likeness (QED) is 0.749. The molecule has 1 aliphatic rings. The van der Waals surface area contributed by atoms with Crippen molar-refractivity contribution >= 4 is 0 Å². The first-order valence-corrected chi connectivity index (χ1v) is 5.01. The van der Waals surface area contributed by atoms with E-state index in [9.17, 15) is 5.11 Å². The van der Waals surface area contributed by atoms with E-state index in [0.29, 0.717) is 0 Å². The number of aromatic nitrogens is 2. The Hall–Kier alpha value is -0.830. The molecule has 0 spiro atoms. The normalized spacial score (nSPS) is 28.2. The molecule has 1 heterocycles. The second-order valence-corrected chi connectivity index (χ2v) is 3.73. The molecule has 1 saturated carbocycles. The average Bonchev–Trinajstić information content (AvgIpc) is 2.71. The van der Waals surface area contributed by atoms with Crippen LogP contribution in [0.15, 0.2) is 12.5 Å². The first kappa shape index (κ1) is 8.75. The second-order valence-electron chi connectivity index (χ2n) is 3.73. The largest absolute Gasteiger partial charge is 0.392 e. The second kappa shape index (κ2) is 3.50. The highest BCUT2D eigenvalue weighted by atomic mass is 16.3. The summed E-state index contributed by atoms with van der Waals surface area (Å²) in [6, 6.07) is 0. The van der Waals surface area contributed by atoms with Crippen LogP contribution < -0.4 is 0 Å². The Balaban J connectivity index is 2.15. The molecule has 0 amide bonds. The zero-order valence-electron chi connectivity index (χ0n) is 7.98. The molecular weight excluding hydrogens is 164 g/mol. The van der Waals surface area contributed by atoms with Gasteiger partial charge in [-0.2, -0.15) is 0 Å². The summed E-state index contributed by atoms with van der Waals surface area (Å²) in [5.41, 5.74) is 1.06. The van der Waals surface area contributed by atoms with Gasteiger partial charge < -0.3 is 9.67 Å². The van der Waals surface area contributed by atoms with Crippen LogP contribution in [-0.4, -0.2) is 20.8 Å². The predicted octanol–water partition coefficient (Wildman–Crippen LogP) is 1.53. The molecule has 1 aromatic heterocycles. The maximum atomic E-state index is 9.68. The summed E-state index contributed by atoms with van der Waals surface area (Å²) in [7, 11) is 0. The summed E-state index contributed by atoms with van der Waals surface area (Å²) in [5.74, 6) is 0.285. The van der Waals surface area contributed by atoms with E-state index in [-0.39, 0.29) is 12.0 Å². The molecular formula is C10H16N2O. The molecule has 13 heavy (non-hydrogen) atoms. The van der Waals surface area contributed by atoms with E-state index in [1.165, 1.54) is 0 Å². The Kier molecular flexibility index (Phi) is 2.36. The van der Waals surface area contributed by atoms with Gasteiger partial charge in [-0.05, 0) is 19.8 Å². The molecule has 0 radical (unpaired) electrons. The number of hydrogen-bond acceptors (Lipinski definition) is 2. The van der Waals surface area contributed by atoms with Crippen LogP contribution in [0.4, 0.5) is 0 Å². The van der Waals surface area contributed by atoms with E-state index in [1.807, 2.05) is 6.33 Å². The molecule has 0 bridgehead atoms. The van der Waals surface area contributed by atoms with Crippen LogP contribution in [0.25, 0.3) is 0 Å². The summed E-state index contributed by atoms with van der Waals surface area (Å²) >= 11 is 0. The third-order valence-electron chi connectivity index (χ3n) is 2.88. The van der Waals surface area contributed by atoms with Crippen molar-refractivity contribution in [3.05, 3.63) is 18.2 Å². The van der Waals surface area contributed by atoms with Crippen LogP contribution in [0.5, 0.6) is 0 Å². The molecule has 72 valence electrons. The number of rotatable bonds is 2. The van der Waals surface area contributed by atoms with E-state index in [2.05, 4.69) is 22.7 Å². The molecule has 2 rings (SSSR count). The van der Waals surface area contributed by atoms with E-state index in [4.69, 9.17) is 0 Å². The number of aliphatic hydroxyl groups excluding tert-OH is 1. The van der Waals surface area contributed by atoms with E-state index < -0.39 is 0 Å². The van der Waals surface area contributed by atoms with Crippen LogP contribution in [0.3, 0.4) is 0 Å². The van der Waals surface area contributed by atoms with Crippen LogP contribution in [-0.2, 0) is 6.54 Å². The minimum absolute atomic E-state index is 0.166. The molecule has 0 aliphatic heterocycles. The fourth-order valence-electron chi connectivity index (χ4n) is 2.03. The molecule has 1 aromatic rings. The van der Waals surface area contributed by atoms with Gasteiger partial charge in [0.25, 0.3) is 0 Å². The van der Waals surface area contributed by atoms with Crippen molar-refractivity contribution in [2.75, 3.05) is 0 Å². The van der Waals surface area contributed by atoms with Gasteiger partial charge in [-0.1, -0.05) is 6.42 Å². The number of aliphatic hydroxyl groups is 1. The van der Waals surface area contributed by atoms with Crippen molar-refractivity contribution in [1.29, 1.82) is 0 Å². The zero-order valence-corrected chi connectivity index (χ0v) is 7.98. The third kappa shape index (κ3) is 1.61. The molecule has 1 N–H and O–H groups in total. The summed E-state index contributed by atoms with van der Waals surface area (Å²) in [6.45, 7) is 3.05. The van der Waals surface area contributed by atoms with Crippen LogP contribution >= 0.6 is 0 Å². The molecule has 2 atom stereocenters. The molecule has 0 saturated heterocycles. The summed E-state index contributed by atoms with van der Waals surface area (Å²) in [4.78, 5) is 4.32. The van der Waals surface area contributed by atoms with Crippen molar-refractivity contribution in [2.45, 2.75) is 44.8 Å². The standard InChI is InChI=1S/C10H16N2O/c1-2-12-6-9(11-7-12)8-4-3-5-10(8)13/h6-8,10,13H,2-5H2,1H3. The van der Waals surface area contributed by atoms with Crippen LogP contribution in [0.2, 0.25) is 0 Å². The molecule has 3 nitrogen and oxygen atoms in total. The van der Waals surface area contributed by atoms with Crippen LogP contribution in [0, 0.1) is 0 Å². The van der Waals surface area contributed by atoms with Crippen molar-refractivity contribution < 1.29 is 5.11 Å². The smallest absolute Gasteiger partial charge is 0.0949 e. The Labute approximate surface area is 78.4 Å². The highest BCUT2D eigenvalue weighted by molar-refractivity contribution is 5.09. The zero-order chi connectivity index (χ0) is 9.26. The van der Waals surface area contributed by atoms with Gasteiger partial charge in [0.15, 0.2) is 0 Å². The Morgan fingerprint density at radius 3 is 3.00 bits per heavy atom. The SMILES string of the molecule is CCn1cnc(C2CCCC2O)c1. The predicted molar refractivity (Wildman–Crippen MR) is 50.5 cm³/mol. The van der Waals surface area contributed by atoms with Crippen molar-refractivity contribution in [2.24, 2.45) is 0 Å². The number of aryl methyl sites for hydroxylation is 1. The first-order chi connectivity index (χ1) is 6.31. The van der Waals surface area contributed by atoms with Gasteiger partial charge in [0, 0.05) is 18.7 Å². The van der Waals surface area contributed by atoms with Crippen LogP contribution in [0.1, 0.15) is 37.8 Å². The van der Waals surface area contributed by atoms with Gasteiger partial charge >= 0.3 is 0 Å². The van der Waals surface area contributed by atoms with Gasteiger partial charge in [0.1, 0.15) is 0 Å². The molecule has 3 heteroatoms. The van der Waals surface area contributed by atoms with Gasteiger partial charge in [0.2, 0.25) is 0 Å². The number of imidazole rings is 1. The van der Waals surface area contributed by atoms with Gasteiger partial charge in [0.05, 0.1) is 18.1 Å². The molecule has 1 aliphatic carbocycles. The maximum Gasteiger partial charge on any atom is 0.0949 e. The minimum atomic E-state index is -0.166. The molecule has 0 aromatic carbocycles. The molecule has 2 unspecified atom stereocenters. The highest BCUT2D eigenvalue weighted by Crippen LogP contribution is 2.33. The van der Waals surface area contributed by atoms with E-state index >= 15 is 0 Å². The lowest BCUT2D eigenvalue weighted by atomic mass is 10.0. The average molecular weight is 180 g/mol. The third-order valence-corrected chi connectivity index (χ3v) is 2.88. The summed E-state index contributed by atoms with van der Waals surface area (Å²) < 4.78 is 2.06. The fraction of sp³-hybridized carbons (Fsp3) is 0.700. The lowest BCUT2D eigenvalue weighted by Gasteiger charge is -2.10. The number of nitrogens with zero attached hydrogens (tertiary/aromatic N) is 2. The maximum absolute atomic E-state index is 9.68. The fourth-order valence-corrected chi connectivity index (χ4v) is 2.03. The number of hydrogen-bond donors (Lipinski definition) is 1. The van der Waals surface area contributed by atoms with Gasteiger partial charge in [-0.15, -0.1) is 0 Å². The molecule has 1 fully saturated rings. The Morgan fingerprint density at radius 2 is 2.46 bits per heavy atom. The first-order valence-electron chi connectivity index (χ1n) is 5.01. The topological polar surface area (TPSA) is 38.0 Å². The minimum Gasteiger partial charge on any atom is -0.392 e. The van der Waals surface area contributed by atoms with Gasteiger partial charge in [-0.3, -0.25) is 0 Å². The van der Waals surface area contributed by atoms with E-state index in [1.54, 1.807) is 0 Å². The monoisotopic (exact) mass is 180 g/mol. The lowest BCUT2D eigenvalue weighted by Crippen LogP contribution is -2.11. The van der Waals surface area contributed by atoms with E-state index in [0.717, 1.165) is 31.5 Å². The van der Waals surface area contributed by atoms with Gasteiger partial charge in [-0.25, -0.2) is 4.98 Å². The van der Waals surface area contributed by atoms with Crippen molar-refractivity contribution in [3.63, 3.8) is 0 Å². The summed E-state index contributed by atoms with van der Waals surface area (Å²) in [6.07, 6.45) is 6.89. The van der Waals surface area contributed by atoms with Crippen molar-refractivity contribution in [3.8, 4) is 0 Å². The lowest BCUT2D eigenvalue weighted by molar-refractivity contribution is 0.162. The highest BCUT2D eigenvalue weighted by Gasteiger charge is 2.28.